The van der Waals surface area contributed by atoms with Gasteiger partial charge in [-0.15, -0.1) is 0 Å². The Morgan fingerprint density at radius 3 is 2.64 bits per heavy atom. The van der Waals surface area contributed by atoms with Gasteiger partial charge in [0.05, 0.1) is 0 Å². The molecule has 0 heterocycles. The zero-order valence-electron chi connectivity index (χ0n) is 7.63. The summed E-state index contributed by atoms with van der Waals surface area (Å²) in [5, 5.41) is 8.85. The number of carbonyl (C=O) groups is 1. The third-order valence-electron chi connectivity index (χ3n) is 2.05. The lowest BCUT2D eigenvalue weighted by Gasteiger charge is -2.09. The van der Waals surface area contributed by atoms with E-state index in [1.54, 1.807) is 6.92 Å². The maximum Gasteiger partial charge on any atom is 0.165 e. The van der Waals surface area contributed by atoms with Crippen LogP contribution in [0.5, 0.6) is 5.75 Å². The van der Waals surface area contributed by atoms with Crippen LogP contribution < -0.4 is 0 Å². The van der Waals surface area contributed by atoms with Crippen molar-refractivity contribution in [2.45, 2.75) is 19.3 Å². The van der Waals surface area contributed by atoms with Gasteiger partial charge in [-0.1, -0.05) is 6.92 Å². The summed E-state index contributed by atoms with van der Waals surface area (Å²) in [6.07, 6.45) is 0.774. The van der Waals surface area contributed by atoms with E-state index >= 15 is 0 Å². The van der Waals surface area contributed by atoms with Crippen molar-refractivity contribution in [1.29, 1.82) is 0 Å². The van der Waals surface area contributed by atoms with Crippen LogP contribution >= 0.6 is 0 Å². The number of hydrogen-bond donors (Lipinski definition) is 1. The summed E-state index contributed by atoms with van der Waals surface area (Å²) in [7, 11) is 0. The average Bonchev–Trinajstić information content (AvgIpc) is 2.11. The molecular weight excluding hydrogens is 190 g/mol. The fourth-order valence-electron chi connectivity index (χ4n) is 1.20. The summed E-state index contributed by atoms with van der Waals surface area (Å²) in [6.45, 7) is 1.61. The standard InChI is InChI=1S/C10H10F2O2/c1-6(2-3-13)7-4-9(12)10(14)5-8(7)11/h3-6,14H,2H2,1H3. The van der Waals surface area contributed by atoms with Crippen LogP contribution in [0.2, 0.25) is 0 Å². The molecule has 0 aliphatic carbocycles. The van der Waals surface area contributed by atoms with Gasteiger partial charge in [-0.2, -0.15) is 0 Å². The monoisotopic (exact) mass is 200 g/mol. The predicted octanol–water partition coefficient (Wildman–Crippen LogP) is 2.36. The summed E-state index contributed by atoms with van der Waals surface area (Å²) >= 11 is 0. The first-order valence-corrected chi connectivity index (χ1v) is 4.17. The molecule has 1 atom stereocenters. The van der Waals surface area contributed by atoms with E-state index in [9.17, 15) is 13.6 Å². The molecule has 1 aromatic rings. The summed E-state index contributed by atoms with van der Waals surface area (Å²) in [4.78, 5) is 10.2. The van der Waals surface area contributed by atoms with Crippen LogP contribution in [-0.2, 0) is 4.79 Å². The average molecular weight is 200 g/mol. The van der Waals surface area contributed by atoms with Crippen molar-refractivity contribution in [2.24, 2.45) is 0 Å². The molecule has 2 nitrogen and oxygen atoms in total. The zero-order chi connectivity index (χ0) is 10.7. The van der Waals surface area contributed by atoms with Gasteiger partial charge >= 0.3 is 0 Å². The molecule has 0 amide bonds. The Morgan fingerprint density at radius 1 is 1.43 bits per heavy atom. The summed E-state index contributed by atoms with van der Waals surface area (Å²) < 4.78 is 26.0. The molecule has 0 bridgehead atoms. The molecule has 0 saturated heterocycles. The second-order valence-electron chi connectivity index (χ2n) is 3.13. The molecule has 76 valence electrons. The van der Waals surface area contributed by atoms with Crippen LogP contribution in [0.3, 0.4) is 0 Å². The van der Waals surface area contributed by atoms with Crippen LogP contribution in [0.1, 0.15) is 24.8 Å². The van der Waals surface area contributed by atoms with Gasteiger partial charge < -0.3 is 9.90 Å². The van der Waals surface area contributed by atoms with E-state index in [1.807, 2.05) is 0 Å². The number of aromatic hydroxyl groups is 1. The highest BCUT2D eigenvalue weighted by atomic mass is 19.1. The lowest BCUT2D eigenvalue weighted by atomic mass is 9.97. The molecule has 1 unspecified atom stereocenters. The number of aldehydes is 1. The van der Waals surface area contributed by atoms with E-state index in [0.717, 1.165) is 6.07 Å². The fourth-order valence-corrected chi connectivity index (χ4v) is 1.20. The minimum atomic E-state index is -0.876. The molecule has 4 heteroatoms. The fraction of sp³-hybridized carbons (Fsp3) is 0.300. The van der Waals surface area contributed by atoms with E-state index in [4.69, 9.17) is 5.11 Å². The molecule has 0 saturated carbocycles. The SMILES string of the molecule is CC(CC=O)c1cc(F)c(O)cc1F. The van der Waals surface area contributed by atoms with Gasteiger partial charge in [0.2, 0.25) is 0 Å². The summed E-state index contributed by atoms with van der Waals surface area (Å²) in [5.74, 6) is -2.68. The van der Waals surface area contributed by atoms with E-state index < -0.39 is 17.4 Å². The third-order valence-corrected chi connectivity index (χ3v) is 2.05. The maximum atomic E-state index is 13.2. The molecule has 0 radical (unpaired) electrons. The number of rotatable bonds is 3. The second-order valence-corrected chi connectivity index (χ2v) is 3.13. The van der Waals surface area contributed by atoms with E-state index in [-0.39, 0.29) is 17.9 Å². The maximum absolute atomic E-state index is 13.2. The van der Waals surface area contributed by atoms with Crippen LogP contribution in [0.15, 0.2) is 12.1 Å². The van der Waals surface area contributed by atoms with Crippen LogP contribution in [-0.4, -0.2) is 11.4 Å². The Labute approximate surface area is 80.2 Å². The largest absolute Gasteiger partial charge is 0.505 e. The highest BCUT2D eigenvalue weighted by molar-refractivity contribution is 5.51. The lowest BCUT2D eigenvalue weighted by Crippen LogP contribution is -1.99. The Kier molecular flexibility index (Phi) is 3.17. The zero-order valence-corrected chi connectivity index (χ0v) is 7.63. The van der Waals surface area contributed by atoms with Crippen molar-refractivity contribution in [3.63, 3.8) is 0 Å². The smallest absolute Gasteiger partial charge is 0.165 e. The highest BCUT2D eigenvalue weighted by Gasteiger charge is 2.14. The molecule has 0 aromatic heterocycles. The topological polar surface area (TPSA) is 37.3 Å². The molecule has 1 aromatic carbocycles. The Bertz CT molecular complexity index is 350. The third kappa shape index (κ3) is 2.07. The minimum absolute atomic E-state index is 0.104. The van der Waals surface area contributed by atoms with Crippen molar-refractivity contribution in [2.75, 3.05) is 0 Å². The normalized spacial score (nSPS) is 12.5. The van der Waals surface area contributed by atoms with Crippen LogP contribution in [0.25, 0.3) is 0 Å². The number of halogens is 2. The van der Waals surface area contributed by atoms with Gasteiger partial charge in [0, 0.05) is 12.5 Å². The molecule has 1 rings (SSSR count). The van der Waals surface area contributed by atoms with E-state index in [0.29, 0.717) is 12.4 Å². The van der Waals surface area contributed by atoms with Crippen molar-refractivity contribution < 1.29 is 18.7 Å². The number of carbonyl (C=O) groups excluding carboxylic acids is 1. The van der Waals surface area contributed by atoms with E-state index in [2.05, 4.69) is 0 Å². The molecule has 14 heavy (non-hydrogen) atoms. The van der Waals surface area contributed by atoms with E-state index in [1.165, 1.54) is 0 Å². The molecule has 0 aliphatic heterocycles. The summed E-state index contributed by atoms with van der Waals surface area (Å²) in [5.41, 5.74) is 0.104. The highest BCUT2D eigenvalue weighted by Crippen LogP contribution is 2.26. The lowest BCUT2D eigenvalue weighted by molar-refractivity contribution is -0.108. The first-order valence-electron chi connectivity index (χ1n) is 4.17. The van der Waals surface area contributed by atoms with Crippen LogP contribution in [0.4, 0.5) is 8.78 Å². The first kappa shape index (κ1) is 10.6. The quantitative estimate of drug-likeness (QED) is 0.760. The number of hydrogen-bond acceptors (Lipinski definition) is 2. The molecule has 0 spiro atoms. The van der Waals surface area contributed by atoms with Crippen molar-refractivity contribution >= 4 is 6.29 Å². The predicted molar refractivity (Wildman–Crippen MR) is 47.1 cm³/mol. The molecule has 0 fully saturated rings. The number of phenols is 1. The Hall–Kier alpha value is -1.45. The Balaban J connectivity index is 3.08. The van der Waals surface area contributed by atoms with Crippen molar-refractivity contribution in [3.8, 4) is 5.75 Å². The Morgan fingerprint density at radius 2 is 2.07 bits per heavy atom. The van der Waals surface area contributed by atoms with Crippen molar-refractivity contribution in [1.82, 2.24) is 0 Å². The molecule has 0 aliphatic rings. The van der Waals surface area contributed by atoms with Crippen LogP contribution in [0, 0.1) is 11.6 Å². The minimum Gasteiger partial charge on any atom is -0.505 e. The van der Waals surface area contributed by atoms with Gasteiger partial charge in [-0.3, -0.25) is 0 Å². The first-order chi connectivity index (χ1) is 6.56. The van der Waals surface area contributed by atoms with Gasteiger partial charge in [0.1, 0.15) is 12.1 Å². The van der Waals surface area contributed by atoms with Gasteiger partial charge in [0.15, 0.2) is 11.6 Å². The summed E-state index contributed by atoms with van der Waals surface area (Å²) in [6, 6.07) is 1.63. The number of phenolic OH excluding ortho intramolecular Hbond substituents is 1. The van der Waals surface area contributed by atoms with Gasteiger partial charge in [0.25, 0.3) is 0 Å². The van der Waals surface area contributed by atoms with Crippen molar-refractivity contribution in [3.05, 3.63) is 29.3 Å². The molecular formula is C10H10F2O2. The number of benzene rings is 1. The second kappa shape index (κ2) is 4.17. The molecule has 1 N–H and O–H groups in total. The van der Waals surface area contributed by atoms with Gasteiger partial charge in [-0.05, 0) is 17.5 Å². The van der Waals surface area contributed by atoms with Gasteiger partial charge in [-0.25, -0.2) is 8.78 Å².